The van der Waals surface area contributed by atoms with Crippen LogP contribution in [0.3, 0.4) is 0 Å². The summed E-state index contributed by atoms with van der Waals surface area (Å²) < 4.78 is 0. The molecule has 5 heteroatoms. The third-order valence-corrected chi connectivity index (χ3v) is 10.6. The number of unbranched alkanes of at least 4 members (excludes halogenated alkanes) is 27. The highest BCUT2D eigenvalue weighted by molar-refractivity contribution is 5.76. The summed E-state index contributed by atoms with van der Waals surface area (Å²) in [7, 11) is 0. The molecular weight excluding hydrogens is 667 g/mol. The molecule has 0 saturated heterocycles. The highest BCUT2D eigenvalue weighted by atomic mass is 16.3. The van der Waals surface area contributed by atoms with Gasteiger partial charge in [0.05, 0.1) is 31.3 Å². The number of aliphatic hydroxyl groups excluding tert-OH is 3. The molecule has 5 nitrogen and oxygen atoms in total. The Morgan fingerprint density at radius 1 is 0.481 bits per heavy atom. The van der Waals surface area contributed by atoms with Gasteiger partial charge in [-0.05, 0) is 64.2 Å². The standard InChI is InChI=1S/C49H91NO4/c1-3-5-7-9-11-13-15-17-19-20-21-22-23-24-25-26-27-29-31-33-35-37-39-41-43-48(53)47(45-51)50-49(54)44-46(52)42-40-38-36-34-32-30-28-18-16-14-12-10-8-6-4-2/h12,14,18,28,33,35,41,43,46-48,51-53H,3-11,13,15-17,19-27,29-32,34,36-40,42,44-45H2,1-2H3,(H,50,54)/b14-12-,28-18-,35-33+,43-41+. The Hall–Kier alpha value is -1.69. The number of carbonyl (C=O) groups is 1. The molecular formula is C49H91NO4. The first-order valence-electron chi connectivity index (χ1n) is 23.4. The minimum atomic E-state index is -0.957. The van der Waals surface area contributed by atoms with E-state index in [0.29, 0.717) is 6.42 Å². The Morgan fingerprint density at radius 3 is 1.33 bits per heavy atom. The van der Waals surface area contributed by atoms with Crippen molar-refractivity contribution in [3.05, 3.63) is 48.6 Å². The molecule has 1 amide bonds. The van der Waals surface area contributed by atoms with Crippen LogP contribution < -0.4 is 5.32 Å². The molecule has 0 bridgehead atoms. The lowest BCUT2D eigenvalue weighted by molar-refractivity contribution is -0.124. The lowest BCUT2D eigenvalue weighted by Gasteiger charge is -2.20. The third-order valence-electron chi connectivity index (χ3n) is 10.6. The van der Waals surface area contributed by atoms with Crippen LogP contribution in [0.1, 0.15) is 232 Å². The first-order valence-corrected chi connectivity index (χ1v) is 23.4. The van der Waals surface area contributed by atoms with E-state index in [1.54, 1.807) is 6.08 Å². The SMILES string of the molecule is CCCCC/C=C\C/C=C\CCCCCCCC(O)CC(=O)NC(CO)C(O)/C=C/CC/C=C/CCCCCCCCCCCCCCCCCCCC. The molecule has 0 saturated carbocycles. The van der Waals surface area contributed by atoms with Crippen molar-refractivity contribution in [1.82, 2.24) is 5.32 Å². The molecule has 0 aromatic rings. The molecule has 0 radical (unpaired) electrons. The van der Waals surface area contributed by atoms with Crippen LogP contribution in [0.4, 0.5) is 0 Å². The first-order chi connectivity index (χ1) is 26.5. The molecule has 0 aliphatic heterocycles. The fourth-order valence-corrected chi connectivity index (χ4v) is 6.97. The van der Waals surface area contributed by atoms with Crippen molar-refractivity contribution in [3.8, 4) is 0 Å². The van der Waals surface area contributed by atoms with Crippen molar-refractivity contribution in [2.75, 3.05) is 6.61 Å². The fourth-order valence-electron chi connectivity index (χ4n) is 6.97. The third kappa shape index (κ3) is 40.0. The van der Waals surface area contributed by atoms with Crippen molar-refractivity contribution < 1.29 is 20.1 Å². The van der Waals surface area contributed by atoms with Crippen LogP contribution in [0.2, 0.25) is 0 Å². The van der Waals surface area contributed by atoms with E-state index in [2.05, 4.69) is 55.6 Å². The van der Waals surface area contributed by atoms with Crippen molar-refractivity contribution in [1.29, 1.82) is 0 Å². The van der Waals surface area contributed by atoms with Gasteiger partial charge in [-0.3, -0.25) is 4.79 Å². The van der Waals surface area contributed by atoms with Gasteiger partial charge in [0.1, 0.15) is 0 Å². The maximum absolute atomic E-state index is 12.4. The zero-order chi connectivity index (χ0) is 39.4. The Bertz CT molecular complexity index is 881. The zero-order valence-corrected chi connectivity index (χ0v) is 35.8. The van der Waals surface area contributed by atoms with E-state index in [1.165, 1.54) is 154 Å². The Kier molecular flexibility index (Phi) is 42.7. The number of hydrogen-bond acceptors (Lipinski definition) is 4. The topological polar surface area (TPSA) is 89.8 Å². The maximum Gasteiger partial charge on any atom is 0.222 e. The van der Waals surface area contributed by atoms with Gasteiger partial charge >= 0.3 is 0 Å². The van der Waals surface area contributed by atoms with Crippen molar-refractivity contribution in [2.24, 2.45) is 0 Å². The summed E-state index contributed by atoms with van der Waals surface area (Å²) in [6.07, 6.45) is 56.9. The molecule has 3 atom stereocenters. The predicted octanol–water partition coefficient (Wildman–Crippen LogP) is 13.7. The van der Waals surface area contributed by atoms with Gasteiger partial charge in [0.25, 0.3) is 0 Å². The highest BCUT2D eigenvalue weighted by Gasteiger charge is 2.20. The molecule has 316 valence electrons. The maximum atomic E-state index is 12.4. The Morgan fingerprint density at radius 2 is 0.852 bits per heavy atom. The second kappa shape index (κ2) is 44.0. The second-order valence-electron chi connectivity index (χ2n) is 16.0. The molecule has 0 fully saturated rings. The lowest BCUT2D eigenvalue weighted by Crippen LogP contribution is -2.45. The summed E-state index contributed by atoms with van der Waals surface area (Å²) in [5.74, 6) is -0.334. The van der Waals surface area contributed by atoms with Crippen molar-refractivity contribution in [3.63, 3.8) is 0 Å². The normalized spacial score (nSPS) is 13.9. The average molecular weight is 758 g/mol. The quantitative estimate of drug-likeness (QED) is 0.0369. The summed E-state index contributed by atoms with van der Waals surface area (Å²) in [6.45, 7) is 4.18. The minimum Gasteiger partial charge on any atom is -0.394 e. The fraction of sp³-hybridized carbons (Fsp3) is 0.816. The van der Waals surface area contributed by atoms with E-state index in [0.717, 1.165) is 51.4 Å². The van der Waals surface area contributed by atoms with E-state index in [-0.39, 0.29) is 18.9 Å². The molecule has 0 aliphatic carbocycles. The van der Waals surface area contributed by atoms with Gasteiger partial charge < -0.3 is 20.6 Å². The first kappa shape index (κ1) is 52.3. The van der Waals surface area contributed by atoms with Gasteiger partial charge in [0.15, 0.2) is 0 Å². The Balaban J connectivity index is 3.69. The van der Waals surface area contributed by atoms with Crippen LogP contribution in [0, 0.1) is 0 Å². The number of nitrogens with one attached hydrogen (secondary N) is 1. The molecule has 0 heterocycles. The van der Waals surface area contributed by atoms with Crippen LogP contribution in [-0.4, -0.2) is 46.1 Å². The van der Waals surface area contributed by atoms with E-state index >= 15 is 0 Å². The predicted molar refractivity (Wildman–Crippen MR) is 236 cm³/mol. The van der Waals surface area contributed by atoms with E-state index in [9.17, 15) is 20.1 Å². The molecule has 0 spiro atoms. The molecule has 0 aromatic heterocycles. The molecule has 0 aromatic carbocycles. The Labute approximate surface area is 336 Å². The number of amides is 1. The van der Waals surface area contributed by atoms with Crippen LogP contribution in [-0.2, 0) is 4.79 Å². The number of hydrogen-bond donors (Lipinski definition) is 4. The van der Waals surface area contributed by atoms with Crippen LogP contribution in [0.25, 0.3) is 0 Å². The zero-order valence-electron chi connectivity index (χ0n) is 35.8. The van der Waals surface area contributed by atoms with Crippen LogP contribution >= 0.6 is 0 Å². The average Bonchev–Trinajstić information content (AvgIpc) is 3.16. The summed E-state index contributed by atoms with van der Waals surface area (Å²) in [6, 6.07) is -0.767. The molecule has 0 aliphatic rings. The minimum absolute atomic E-state index is 0.00491. The summed E-state index contributed by atoms with van der Waals surface area (Å²) in [4.78, 5) is 12.4. The summed E-state index contributed by atoms with van der Waals surface area (Å²) >= 11 is 0. The summed E-state index contributed by atoms with van der Waals surface area (Å²) in [5, 5.41) is 33.2. The number of rotatable bonds is 42. The highest BCUT2D eigenvalue weighted by Crippen LogP contribution is 2.15. The van der Waals surface area contributed by atoms with E-state index in [4.69, 9.17) is 0 Å². The number of carbonyl (C=O) groups excluding carboxylic acids is 1. The number of allylic oxidation sites excluding steroid dienone is 7. The largest absolute Gasteiger partial charge is 0.394 e. The van der Waals surface area contributed by atoms with Crippen molar-refractivity contribution in [2.45, 2.75) is 250 Å². The molecule has 0 rings (SSSR count). The van der Waals surface area contributed by atoms with Crippen molar-refractivity contribution >= 4 is 5.91 Å². The molecule has 54 heavy (non-hydrogen) atoms. The van der Waals surface area contributed by atoms with Gasteiger partial charge in [-0.1, -0.05) is 210 Å². The van der Waals surface area contributed by atoms with Gasteiger partial charge in [0.2, 0.25) is 5.91 Å². The van der Waals surface area contributed by atoms with Gasteiger partial charge in [-0.2, -0.15) is 0 Å². The number of aliphatic hydroxyl groups is 3. The van der Waals surface area contributed by atoms with E-state index in [1.807, 2.05) is 6.08 Å². The van der Waals surface area contributed by atoms with Gasteiger partial charge in [-0.15, -0.1) is 0 Å². The van der Waals surface area contributed by atoms with Crippen LogP contribution in [0.15, 0.2) is 48.6 Å². The lowest BCUT2D eigenvalue weighted by atomic mass is 10.0. The second-order valence-corrected chi connectivity index (χ2v) is 16.0. The van der Waals surface area contributed by atoms with Gasteiger partial charge in [-0.25, -0.2) is 0 Å². The smallest absolute Gasteiger partial charge is 0.222 e. The summed E-state index contributed by atoms with van der Waals surface area (Å²) in [5.41, 5.74) is 0. The van der Waals surface area contributed by atoms with E-state index < -0.39 is 18.2 Å². The monoisotopic (exact) mass is 758 g/mol. The molecule has 4 N–H and O–H groups in total. The molecule has 3 unspecified atom stereocenters. The van der Waals surface area contributed by atoms with Crippen LogP contribution in [0.5, 0.6) is 0 Å². The van der Waals surface area contributed by atoms with Gasteiger partial charge in [0, 0.05) is 0 Å².